The minimum Gasteiger partial charge on any atom is -0.398 e. The highest BCUT2D eigenvalue weighted by Gasteiger charge is 2.21. The minimum absolute atomic E-state index is 0.242. The van der Waals surface area contributed by atoms with Crippen LogP contribution in [0.15, 0.2) is 12.1 Å². The molecular formula is C11H15BrFNO2. The van der Waals surface area contributed by atoms with E-state index in [4.69, 9.17) is 5.73 Å². The van der Waals surface area contributed by atoms with Crippen LogP contribution < -0.4 is 5.73 Å². The number of aliphatic hydroxyl groups excluding tert-OH is 2. The third-order valence-corrected chi connectivity index (χ3v) is 2.93. The highest BCUT2D eigenvalue weighted by Crippen LogP contribution is 2.28. The molecule has 0 aliphatic carbocycles. The van der Waals surface area contributed by atoms with E-state index in [1.54, 1.807) is 6.92 Å². The molecule has 2 atom stereocenters. The second-order valence-electron chi connectivity index (χ2n) is 3.72. The molecule has 0 bridgehead atoms. The summed E-state index contributed by atoms with van der Waals surface area (Å²) < 4.78 is 13.2. The first-order valence-electron chi connectivity index (χ1n) is 4.95. The molecule has 5 heteroatoms. The standard InChI is InChI=1S/C11H15BrFNO2/c1-6-4-7(13)5-8(10(6)14)11(16)9(15)2-3-12/h4-5,9,11,15-16H,2-3,14H2,1H3. The molecule has 0 saturated carbocycles. The molecule has 3 nitrogen and oxygen atoms in total. The molecule has 0 aromatic heterocycles. The van der Waals surface area contributed by atoms with Gasteiger partial charge in [-0.05, 0) is 31.0 Å². The Kier molecular flexibility index (Phi) is 4.70. The number of anilines is 1. The van der Waals surface area contributed by atoms with E-state index in [1.807, 2.05) is 0 Å². The average Bonchev–Trinajstić information content (AvgIpc) is 2.22. The molecule has 0 saturated heterocycles. The summed E-state index contributed by atoms with van der Waals surface area (Å²) in [5, 5.41) is 20.0. The van der Waals surface area contributed by atoms with Crippen LogP contribution in [0.5, 0.6) is 0 Å². The summed E-state index contributed by atoms with van der Waals surface area (Å²) in [5.41, 5.74) is 6.86. The maximum atomic E-state index is 13.2. The van der Waals surface area contributed by atoms with Crippen molar-refractivity contribution in [3.63, 3.8) is 0 Å². The molecule has 2 unspecified atom stereocenters. The van der Waals surface area contributed by atoms with Crippen LogP contribution in [0.25, 0.3) is 0 Å². The Morgan fingerprint density at radius 1 is 1.44 bits per heavy atom. The highest BCUT2D eigenvalue weighted by atomic mass is 79.9. The molecule has 0 spiro atoms. The highest BCUT2D eigenvalue weighted by molar-refractivity contribution is 9.09. The molecule has 1 aromatic rings. The van der Waals surface area contributed by atoms with Gasteiger partial charge >= 0.3 is 0 Å². The predicted molar refractivity (Wildman–Crippen MR) is 64.9 cm³/mol. The molecule has 0 aliphatic rings. The van der Waals surface area contributed by atoms with Crippen molar-refractivity contribution < 1.29 is 14.6 Å². The number of hydrogen-bond acceptors (Lipinski definition) is 3. The topological polar surface area (TPSA) is 66.5 Å². The maximum Gasteiger partial charge on any atom is 0.123 e. The monoisotopic (exact) mass is 291 g/mol. The lowest BCUT2D eigenvalue weighted by Gasteiger charge is -2.20. The lowest BCUT2D eigenvalue weighted by atomic mass is 9.98. The summed E-state index contributed by atoms with van der Waals surface area (Å²) in [4.78, 5) is 0. The van der Waals surface area contributed by atoms with Crippen LogP contribution in [-0.4, -0.2) is 21.6 Å². The van der Waals surface area contributed by atoms with Crippen LogP contribution in [0.1, 0.15) is 23.7 Å². The fraction of sp³-hybridized carbons (Fsp3) is 0.455. The maximum absolute atomic E-state index is 13.2. The molecule has 1 rings (SSSR count). The summed E-state index contributed by atoms with van der Waals surface area (Å²) in [6, 6.07) is 2.45. The number of nitrogens with two attached hydrogens (primary N) is 1. The van der Waals surface area contributed by atoms with Gasteiger partial charge in [-0.2, -0.15) is 0 Å². The minimum atomic E-state index is -1.16. The largest absolute Gasteiger partial charge is 0.398 e. The van der Waals surface area contributed by atoms with Gasteiger partial charge in [-0.3, -0.25) is 0 Å². The number of rotatable bonds is 4. The van der Waals surface area contributed by atoms with E-state index in [-0.39, 0.29) is 5.56 Å². The van der Waals surface area contributed by atoms with Crippen molar-refractivity contribution in [1.29, 1.82) is 0 Å². The lowest BCUT2D eigenvalue weighted by Crippen LogP contribution is -2.20. The zero-order chi connectivity index (χ0) is 12.3. The van der Waals surface area contributed by atoms with Gasteiger partial charge in [-0.25, -0.2) is 4.39 Å². The molecule has 0 amide bonds. The van der Waals surface area contributed by atoms with Gasteiger partial charge in [0.2, 0.25) is 0 Å². The predicted octanol–water partition coefficient (Wildman–Crippen LogP) is 1.90. The fourth-order valence-corrected chi connectivity index (χ4v) is 1.97. The third kappa shape index (κ3) is 2.93. The second kappa shape index (κ2) is 5.61. The van der Waals surface area contributed by atoms with Crippen LogP contribution in [0.4, 0.5) is 10.1 Å². The smallest absolute Gasteiger partial charge is 0.123 e. The van der Waals surface area contributed by atoms with Crippen molar-refractivity contribution in [3.8, 4) is 0 Å². The van der Waals surface area contributed by atoms with E-state index in [1.165, 1.54) is 6.07 Å². The Morgan fingerprint density at radius 2 is 2.06 bits per heavy atom. The van der Waals surface area contributed by atoms with E-state index in [2.05, 4.69) is 15.9 Å². The van der Waals surface area contributed by atoms with Crippen LogP contribution >= 0.6 is 15.9 Å². The summed E-state index contributed by atoms with van der Waals surface area (Å²) in [7, 11) is 0. The van der Waals surface area contributed by atoms with E-state index in [0.29, 0.717) is 23.0 Å². The molecular weight excluding hydrogens is 277 g/mol. The number of nitrogen functional groups attached to an aromatic ring is 1. The molecule has 0 aliphatic heterocycles. The summed E-state index contributed by atoms with van der Waals surface area (Å²) >= 11 is 3.16. The van der Waals surface area contributed by atoms with Crippen molar-refractivity contribution >= 4 is 21.6 Å². The Hall–Kier alpha value is -0.650. The lowest BCUT2D eigenvalue weighted by molar-refractivity contribution is 0.0176. The van der Waals surface area contributed by atoms with E-state index >= 15 is 0 Å². The zero-order valence-electron chi connectivity index (χ0n) is 8.95. The van der Waals surface area contributed by atoms with E-state index in [9.17, 15) is 14.6 Å². The Bertz CT molecular complexity index is 373. The quantitative estimate of drug-likeness (QED) is 0.586. The van der Waals surface area contributed by atoms with Crippen molar-refractivity contribution in [2.75, 3.05) is 11.1 Å². The number of halogens is 2. The van der Waals surface area contributed by atoms with Gasteiger partial charge in [0.25, 0.3) is 0 Å². The fourth-order valence-electron chi connectivity index (χ4n) is 1.50. The molecule has 1 aromatic carbocycles. The van der Waals surface area contributed by atoms with Crippen molar-refractivity contribution in [2.45, 2.75) is 25.6 Å². The summed E-state index contributed by atoms with van der Waals surface area (Å²) in [6.07, 6.45) is -1.74. The Labute approximate surface area is 102 Å². The number of alkyl halides is 1. The Morgan fingerprint density at radius 3 is 2.62 bits per heavy atom. The first kappa shape index (κ1) is 13.4. The molecule has 16 heavy (non-hydrogen) atoms. The number of benzene rings is 1. The first-order chi connectivity index (χ1) is 7.47. The van der Waals surface area contributed by atoms with Gasteiger partial charge in [-0.1, -0.05) is 15.9 Å². The van der Waals surface area contributed by atoms with Gasteiger partial charge < -0.3 is 15.9 Å². The number of hydrogen-bond donors (Lipinski definition) is 3. The van der Waals surface area contributed by atoms with Gasteiger partial charge in [0.15, 0.2) is 0 Å². The van der Waals surface area contributed by atoms with Gasteiger partial charge in [0.1, 0.15) is 11.9 Å². The van der Waals surface area contributed by atoms with Crippen LogP contribution in [0.3, 0.4) is 0 Å². The van der Waals surface area contributed by atoms with Crippen LogP contribution in [0.2, 0.25) is 0 Å². The van der Waals surface area contributed by atoms with Gasteiger partial charge in [0, 0.05) is 16.6 Å². The van der Waals surface area contributed by atoms with Crippen molar-refractivity contribution in [1.82, 2.24) is 0 Å². The number of aryl methyl sites for hydroxylation is 1. The van der Waals surface area contributed by atoms with Gasteiger partial charge in [-0.15, -0.1) is 0 Å². The zero-order valence-corrected chi connectivity index (χ0v) is 10.5. The van der Waals surface area contributed by atoms with E-state index in [0.717, 1.165) is 6.07 Å². The number of aliphatic hydroxyl groups is 2. The SMILES string of the molecule is Cc1cc(F)cc(C(O)C(O)CCBr)c1N. The summed E-state index contributed by atoms with van der Waals surface area (Å²) in [6.45, 7) is 1.66. The normalized spacial score (nSPS) is 14.8. The van der Waals surface area contributed by atoms with Crippen molar-refractivity contribution in [2.24, 2.45) is 0 Å². The average molecular weight is 292 g/mol. The Balaban J connectivity index is 3.03. The van der Waals surface area contributed by atoms with Crippen molar-refractivity contribution in [3.05, 3.63) is 29.1 Å². The molecule has 0 fully saturated rings. The van der Waals surface area contributed by atoms with Crippen LogP contribution in [-0.2, 0) is 0 Å². The van der Waals surface area contributed by atoms with Gasteiger partial charge in [0.05, 0.1) is 6.10 Å². The van der Waals surface area contributed by atoms with Crippen LogP contribution in [0, 0.1) is 12.7 Å². The van der Waals surface area contributed by atoms with E-state index < -0.39 is 18.0 Å². The molecule has 90 valence electrons. The summed E-state index contributed by atoms with van der Waals surface area (Å²) in [5.74, 6) is -0.466. The third-order valence-electron chi connectivity index (χ3n) is 2.47. The molecule has 0 heterocycles. The first-order valence-corrected chi connectivity index (χ1v) is 6.07. The molecule has 4 N–H and O–H groups in total. The molecule has 0 radical (unpaired) electrons. The second-order valence-corrected chi connectivity index (χ2v) is 4.51.